The summed E-state index contributed by atoms with van der Waals surface area (Å²) in [6.45, 7) is 1.82. The third-order valence-electron chi connectivity index (χ3n) is 4.42. The van der Waals surface area contributed by atoms with E-state index in [1.54, 1.807) is 28.9 Å². The Labute approximate surface area is 168 Å². The monoisotopic (exact) mass is 402 g/mol. The fraction of sp³-hybridized carbons (Fsp3) is 0.0476. The first-order chi connectivity index (χ1) is 14.1. The van der Waals surface area contributed by atoms with Crippen LogP contribution in [0.4, 0.5) is 5.82 Å². The summed E-state index contributed by atoms with van der Waals surface area (Å²) in [6.07, 6.45) is 0. The zero-order valence-corrected chi connectivity index (χ0v) is 16.1. The smallest absolute Gasteiger partial charge is 0.349 e. The molecule has 5 aromatic rings. The van der Waals surface area contributed by atoms with E-state index in [2.05, 4.69) is 15.4 Å². The van der Waals surface area contributed by atoms with Gasteiger partial charge in [0.15, 0.2) is 0 Å². The highest BCUT2D eigenvalue weighted by molar-refractivity contribution is 7.20. The van der Waals surface area contributed by atoms with Crippen molar-refractivity contribution in [2.45, 2.75) is 6.92 Å². The number of hydrogen-bond donors (Lipinski definition) is 1. The summed E-state index contributed by atoms with van der Waals surface area (Å²) in [4.78, 5) is 29.7. The van der Waals surface area contributed by atoms with Gasteiger partial charge in [0, 0.05) is 11.5 Å². The highest BCUT2D eigenvalue weighted by Gasteiger charge is 2.18. The Balaban J connectivity index is 1.53. The predicted octanol–water partition coefficient (Wildman–Crippen LogP) is 4.15. The molecule has 142 valence electrons. The average Bonchev–Trinajstić information content (AvgIpc) is 3.30. The molecule has 0 spiro atoms. The number of fused-ring (bicyclic) bond motifs is 2. The van der Waals surface area contributed by atoms with Gasteiger partial charge in [0.25, 0.3) is 5.91 Å². The second-order valence-corrected chi connectivity index (χ2v) is 7.50. The molecule has 0 fully saturated rings. The molecule has 0 bridgehead atoms. The van der Waals surface area contributed by atoms with Crippen molar-refractivity contribution in [3.63, 3.8) is 0 Å². The van der Waals surface area contributed by atoms with Crippen LogP contribution in [0.15, 0.2) is 69.9 Å². The number of para-hydroxylation sites is 2. The quantitative estimate of drug-likeness (QED) is 0.458. The fourth-order valence-corrected chi connectivity index (χ4v) is 4.02. The molecule has 3 heterocycles. The highest BCUT2D eigenvalue weighted by Crippen LogP contribution is 2.27. The van der Waals surface area contributed by atoms with Gasteiger partial charge in [-0.3, -0.25) is 4.79 Å². The summed E-state index contributed by atoms with van der Waals surface area (Å²) in [6, 6.07) is 18.1. The van der Waals surface area contributed by atoms with Crippen molar-refractivity contribution in [2.24, 2.45) is 0 Å². The van der Waals surface area contributed by atoms with E-state index in [1.165, 1.54) is 17.4 Å². The summed E-state index contributed by atoms with van der Waals surface area (Å²) in [5.74, 6) is -0.133. The van der Waals surface area contributed by atoms with Gasteiger partial charge in [-0.1, -0.05) is 41.7 Å². The highest BCUT2D eigenvalue weighted by atomic mass is 32.1. The Morgan fingerprint density at radius 2 is 1.90 bits per heavy atom. The molecule has 3 aromatic heterocycles. The second kappa shape index (κ2) is 6.68. The van der Waals surface area contributed by atoms with Crippen molar-refractivity contribution >= 4 is 44.2 Å². The molecule has 0 unspecified atom stereocenters. The number of hydrogen-bond acceptors (Lipinski definition) is 6. The molecule has 5 rings (SSSR count). The summed E-state index contributed by atoms with van der Waals surface area (Å²) >= 11 is 1.46. The normalized spacial score (nSPS) is 11.2. The van der Waals surface area contributed by atoms with Crippen molar-refractivity contribution in [1.29, 1.82) is 0 Å². The molecule has 2 aromatic carbocycles. The number of thiazole rings is 1. The number of amides is 1. The number of aryl methyl sites for hydroxylation is 1. The molecule has 0 aliphatic carbocycles. The number of aromatic nitrogens is 3. The first-order valence-corrected chi connectivity index (χ1v) is 9.67. The van der Waals surface area contributed by atoms with Crippen LogP contribution >= 0.6 is 11.3 Å². The third-order valence-corrected chi connectivity index (χ3v) is 5.43. The zero-order valence-electron chi connectivity index (χ0n) is 15.2. The van der Waals surface area contributed by atoms with Gasteiger partial charge < -0.3 is 9.73 Å². The van der Waals surface area contributed by atoms with Crippen LogP contribution in [-0.4, -0.2) is 20.7 Å². The van der Waals surface area contributed by atoms with E-state index in [0.717, 1.165) is 10.2 Å². The Bertz CT molecular complexity index is 1410. The standard InChI is InChI=1S/C21H14N4O3S/c1-12-10-18(25(24-12)21-22-15-7-3-5-9-17(15)29-21)23-19(26)14-11-13-6-2-4-8-16(13)28-20(14)27/h2-11H,1H3,(H,23,26). The molecule has 0 saturated carbocycles. The topological polar surface area (TPSA) is 90.0 Å². The maximum atomic E-state index is 12.8. The molecular formula is C21H14N4O3S. The number of carbonyl (C=O) groups is 1. The molecule has 1 N–H and O–H groups in total. The maximum Gasteiger partial charge on any atom is 0.349 e. The lowest BCUT2D eigenvalue weighted by Gasteiger charge is -2.06. The Hall–Kier alpha value is -3.78. The minimum Gasteiger partial charge on any atom is -0.422 e. The van der Waals surface area contributed by atoms with Crippen molar-refractivity contribution in [1.82, 2.24) is 14.8 Å². The van der Waals surface area contributed by atoms with Gasteiger partial charge in [-0.05, 0) is 31.2 Å². The lowest BCUT2D eigenvalue weighted by atomic mass is 10.2. The van der Waals surface area contributed by atoms with Crippen molar-refractivity contribution < 1.29 is 9.21 Å². The van der Waals surface area contributed by atoms with Crippen molar-refractivity contribution in [3.8, 4) is 5.13 Å². The summed E-state index contributed by atoms with van der Waals surface area (Å²) in [5.41, 5.74) is 1.24. The molecule has 0 radical (unpaired) electrons. The van der Waals surface area contributed by atoms with Gasteiger partial charge in [0.1, 0.15) is 17.0 Å². The number of carbonyl (C=O) groups excluding carboxylic acids is 1. The number of anilines is 1. The van der Waals surface area contributed by atoms with Crippen LogP contribution in [0.25, 0.3) is 26.3 Å². The minimum absolute atomic E-state index is 0.0709. The van der Waals surface area contributed by atoms with Gasteiger partial charge in [-0.15, -0.1) is 0 Å². The average molecular weight is 402 g/mol. The van der Waals surface area contributed by atoms with Crippen LogP contribution < -0.4 is 10.9 Å². The molecule has 0 aliphatic rings. The van der Waals surface area contributed by atoms with E-state index < -0.39 is 11.5 Å². The number of nitrogens with one attached hydrogen (secondary N) is 1. The number of benzene rings is 2. The molecular weight excluding hydrogens is 388 g/mol. The minimum atomic E-state index is -0.691. The van der Waals surface area contributed by atoms with Gasteiger partial charge in [0.2, 0.25) is 5.13 Å². The largest absolute Gasteiger partial charge is 0.422 e. The van der Waals surface area contributed by atoms with Gasteiger partial charge in [-0.2, -0.15) is 9.78 Å². The second-order valence-electron chi connectivity index (χ2n) is 6.49. The van der Waals surface area contributed by atoms with Crippen LogP contribution in [0, 0.1) is 6.92 Å². The predicted molar refractivity (Wildman–Crippen MR) is 112 cm³/mol. The molecule has 8 heteroatoms. The molecule has 1 amide bonds. The van der Waals surface area contributed by atoms with E-state index in [4.69, 9.17) is 4.42 Å². The Morgan fingerprint density at radius 1 is 1.10 bits per heavy atom. The van der Waals surface area contributed by atoms with Crippen LogP contribution in [-0.2, 0) is 0 Å². The van der Waals surface area contributed by atoms with Crippen molar-refractivity contribution in [2.75, 3.05) is 5.32 Å². The first-order valence-electron chi connectivity index (χ1n) is 8.85. The Morgan fingerprint density at radius 3 is 2.76 bits per heavy atom. The van der Waals surface area contributed by atoms with Gasteiger partial charge >= 0.3 is 5.63 Å². The lowest BCUT2D eigenvalue weighted by molar-refractivity contribution is 0.102. The van der Waals surface area contributed by atoms with E-state index in [-0.39, 0.29) is 5.56 Å². The molecule has 29 heavy (non-hydrogen) atoms. The van der Waals surface area contributed by atoms with E-state index >= 15 is 0 Å². The fourth-order valence-electron chi connectivity index (χ4n) is 3.09. The van der Waals surface area contributed by atoms with E-state index in [0.29, 0.717) is 27.6 Å². The first kappa shape index (κ1) is 17.3. The molecule has 0 aliphatic heterocycles. The van der Waals surface area contributed by atoms with E-state index in [9.17, 15) is 9.59 Å². The molecule has 0 atom stereocenters. The Kier molecular flexibility index (Phi) is 3.99. The maximum absolute atomic E-state index is 12.8. The molecule has 0 saturated heterocycles. The number of rotatable bonds is 3. The molecule has 7 nitrogen and oxygen atoms in total. The third kappa shape index (κ3) is 3.09. The van der Waals surface area contributed by atoms with Crippen molar-refractivity contribution in [3.05, 3.63) is 82.3 Å². The summed E-state index contributed by atoms with van der Waals surface area (Å²) < 4.78 is 7.85. The van der Waals surface area contributed by atoms with Gasteiger partial charge in [0.05, 0.1) is 15.9 Å². The van der Waals surface area contributed by atoms with Crippen LogP contribution in [0.3, 0.4) is 0 Å². The van der Waals surface area contributed by atoms with Crippen LogP contribution in [0.5, 0.6) is 0 Å². The van der Waals surface area contributed by atoms with Crippen LogP contribution in [0.2, 0.25) is 0 Å². The lowest BCUT2D eigenvalue weighted by Crippen LogP contribution is -2.22. The zero-order chi connectivity index (χ0) is 20.0. The summed E-state index contributed by atoms with van der Waals surface area (Å²) in [5, 5.41) is 8.51. The van der Waals surface area contributed by atoms with Crippen LogP contribution in [0.1, 0.15) is 16.1 Å². The SMILES string of the molecule is Cc1cc(NC(=O)c2cc3ccccc3oc2=O)n(-c2nc3ccccc3s2)n1. The summed E-state index contributed by atoms with van der Waals surface area (Å²) in [7, 11) is 0. The van der Waals surface area contributed by atoms with E-state index in [1.807, 2.05) is 37.3 Å². The number of nitrogens with zero attached hydrogens (tertiary/aromatic N) is 3. The van der Waals surface area contributed by atoms with Gasteiger partial charge in [-0.25, -0.2) is 9.78 Å².